The number of aryl methyl sites for hydroxylation is 1. The van der Waals surface area contributed by atoms with Gasteiger partial charge >= 0.3 is 0 Å². The maximum atomic E-state index is 11.1. The SMILES string of the molecule is Cc1cc(OCCCS(C)(=O)=O)ccc1-c1cccc(CO)c1C. The van der Waals surface area contributed by atoms with E-state index in [0.717, 1.165) is 33.6 Å². The lowest BCUT2D eigenvalue weighted by Crippen LogP contribution is -2.08. The second kappa shape index (κ2) is 7.81. The van der Waals surface area contributed by atoms with Crippen molar-refractivity contribution < 1.29 is 18.3 Å². The van der Waals surface area contributed by atoms with Crippen molar-refractivity contribution in [2.45, 2.75) is 26.9 Å². The molecule has 0 spiro atoms. The van der Waals surface area contributed by atoms with Gasteiger partial charge in [-0.1, -0.05) is 24.3 Å². The Balaban J connectivity index is 2.13. The van der Waals surface area contributed by atoms with Crippen LogP contribution in [0.1, 0.15) is 23.1 Å². The zero-order chi connectivity index (χ0) is 17.7. The van der Waals surface area contributed by atoms with Gasteiger partial charge in [0.25, 0.3) is 0 Å². The first-order valence-corrected chi connectivity index (χ1v) is 9.99. The van der Waals surface area contributed by atoms with Gasteiger partial charge in [-0.25, -0.2) is 8.42 Å². The molecule has 0 unspecified atom stereocenters. The molecule has 0 aromatic heterocycles. The minimum atomic E-state index is -2.94. The molecule has 0 amide bonds. The van der Waals surface area contributed by atoms with Crippen molar-refractivity contribution in [3.63, 3.8) is 0 Å². The first-order chi connectivity index (χ1) is 11.3. The lowest BCUT2D eigenvalue weighted by molar-refractivity contribution is 0.281. The number of aliphatic hydroxyl groups is 1. The van der Waals surface area contributed by atoms with Crippen molar-refractivity contribution in [2.75, 3.05) is 18.6 Å². The molecule has 24 heavy (non-hydrogen) atoms. The third-order valence-corrected chi connectivity index (χ3v) is 5.06. The van der Waals surface area contributed by atoms with Crippen LogP contribution in [0.3, 0.4) is 0 Å². The Labute approximate surface area is 144 Å². The molecule has 5 heteroatoms. The quantitative estimate of drug-likeness (QED) is 0.780. The van der Waals surface area contributed by atoms with E-state index in [0.29, 0.717) is 13.0 Å². The fourth-order valence-corrected chi connectivity index (χ4v) is 3.33. The summed E-state index contributed by atoms with van der Waals surface area (Å²) in [6.07, 6.45) is 1.71. The highest BCUT2D eigenvalue weighted by atomic mass is 32.2. The van der Waals surface area contributed by atoms with Gasteiger partial charge in [0.15, 0.2) is 0 Å². The first kappa shape index (κ1) is 18.5. The number of hydrogen-bond acceptors (Lipinski definition) is 4. The van der Waals surface area contributed by atoms with Crippen LogP contribution in [0.25, 0.3) is 11.1 Å². The minimum Gasteiger partial charge on any atom is -0.494 e. The number of aliphatic hydroxyl groups excluding tert-OH is 1. The molecule has 130 valence electrons. The van der Waals surface area contributed by atoms with Crippen molar-refractivity contribution >= 4 is 9.84 Å². The molecule has 0 heterocycles. The predicted molar refractivity (Wildman–Crippen MR) is 97.1 cm³/mol. The lowest BCUT2D eigenvalue weighted by Gasteiger charge is -2.14. The maximum absolute atomic E-state index is 11.1. The number of hydrogen-bond donors (Lipinski definition) is 1. The van der Waals surface area contributed by atoms with E-state index in [1.165, 1.54) is 6.26 Å². The number of rotatable bonds is 7. The Morgan fingerprint density at radius 2 is 1.83 bits per heavy atom. The van der Waals surface area contributed by atoms with E-state index in [4.69, 9.17) is 4.74 Å². The van der Waals surface area contributed by atoms with Gasteiger partial charge in [0.1, 0.15) is 15.6 Å². The number of ether oxygens (including phenoxy) is 1. The highest BCUT2D eigenvalue weighted by molar-refractivity contribution is 7.90. The van der Waals surface area contributed by atoms with Gasteiger partial charge in [-0.05, 0) is 60.2 Å². The molecule has 0 fully saturated rings. The summed E-state index contributed by atoms with van der Waals surface area (Å²) in [5, 5.41) is 9.42. The predicted octanol–water partition coefficient (Wildman–Crippen LogP) is 3.28. The Hall–Kier alpha value is -1.85. The summed E-state index contributed by atoms with van der Waals surface area (Å²) in [4.78, 5) is 0. The van der Waals surface area contributed by atoms with Crippen LogP contribution in [-0.4, -0.2) is 32.1 Å². The zero-order valence-electron chi connectivity index (χ0n) is 14.4. The summed E-state index contributed by atoms with van der Waals surface area (Å²) in [7, 11) is -2.94. The molecule has 2 rings (SSSR count). The van der Waals surface area contributed by atoms with Crippen LogP contribution in [0, 0.1) is 13.8 Å². The largest absolute Gasteiger partial charge is 0.494 e. The van der Waals surface area contributed by atoms with E-state index in [1.54, 1.807) is 0 Å². The van der Waals surface area contributed by atoms with E-state index >= 15 is 0 Å². The van der Waals surface area contributed by atoms with Crippen LogP contribution in [0.15, 0.2) is 36.4 Å². The molecular formula is C19H24O4S. The third-order valence-electron chi connectivity index (χ3n) is 4.03. The normalized spacial score (nSPS) is 11.5. The Bertz CT molecular complexity index is 810. The summed E-state index contributed by atoms with van der Waals surface area (Å²) in [6.45, 7) is 4.44. The monoisotopic (exact) mass is 348 g/mol. The van der Waals surface area contributed by atoms with Gasteiger partial charge < -0.3 is 9.84 Å². The molecule has 4 nitrogen and oxygen atoms in total. The minimum absolute atomic E-state index is 0.0280. The second-order valence-corrected chi connectivity index (χ2v) is 8.32. The topological polar surface area (TPSA) is 63.6 Å². The van der Waals surface area contributed by atoms with E-state index in [2.05, 4.69) is 0 Å². The summed E-state index contributed by atoms with van der Waals surface area (Å²) in [5.41, 5.74) is 5.28. The smallest absolute Gasteiger partial charge is 0.147 e. The molecule has 1 N–H and O–H groups in total. The van der Waals surface area contributed by atoms with Crippen LogP contribution in [0.5, 0.6) is 5.75 Å². The van der Waals surface area contributed by atoms with Crippen LogP contribution in [0.2, 0.25) is 0 Å². The molecule has 0 radical (unpaired) electrons. The van der Waals surface area contributed by atoms with E-state index in [1.807, 2.05) is 50.2 Å². The Kier molecular flexibility index (Phi) is 6.02. The van der Waals surface area contributed by atoms with Gasteiger partial charge in [-0.3, -0.25) is 0 Å². The Morgan fingerprint density at radius 1 is 1.08 bits per heavy atom. The van der Waals surface area contributed by atoms with Crippen molar-refractivity contribution in [3.8, 4) is 16.9 Å². The highest BCUT2D eigenvalue weighted by Gasteiger charge is 2.09. The van der Waals surface area contributed by atoms with E-state index in [-0.39, 0.29) is 12.4 Å². The van der Waals surface area contributed by atoms with Crippen molar-refractivity contribution in [1.82, 2.24) is 0 Å². The number of benzene rings is 2. The van der Waals surface area contributed by atoms with Gasteiger partial charge in [-0.15, -0.1) is 0 Å². The fourth-order valence-electron chi connectivity index (χ4n) is 2.69. The summed E-state index contributed by atoms with van der Waals surface area (Å²) in [5.74, 6) is 0.873. The zero-order valence-corrected chi connectivity index (χ0v) is 15.2. The summed E-state index contributed by atoms with van der Waals surface area (Å²) >= 11 is 0. The molecule has 0 saturated carbocycles. The van der Waals surface area contributed by atoms with Gasteiger partial charge in [0, 0.05) is 6.26 Å². The van der Waals surface area contributed by atoms with Gasteiger partial charge in [0.2, 0.25) is 0 Å². The van der Waals surface area contributed by atoms with Gasteiger partial charge in [-0.2, -0.15) is 0 Å². The molecule has 0 saturated heterocycles. The third kappa shape index (κ3) is 4.82. The van der Waals surface area contributed by atoms with Crippen molar-refractivity contribution in [2.24, 2.45) is 0 Å². The fraction of sp³-hybridized carbons (Fsp3) is 0.368. The molecule has 0 aliphatic rings. The standard InChI is InChI=1S/C19H24O4S/c1-14-12-17(23-10-5-11-24(3,21)22)8-9-18(14)19-7-4-6-16(13-20)15(19)2/h4,6-9,12,20H,5,10-11,13H2,1-3H3. The average molecular weight is 348 g/mol. The molecule has 0 bridgehead atoms. The van der Waals surface area contributed by atoms with E-state index < -0.39 is 9.84 Å². The molecular weight excluding hydrogens is 324 g/mol. The van der Waals surface area contributed by atoms with Gasteiger partial charge in [0.05, 0.1) is 19.0 Å². The lowest BCUT2D eigenvalue weighted by atomic mass is 9.94. The summed E-state index contributed by atoms with van der Waals surface area (Å²) < 4.78 is 27.9. The maximum Gasteiger partial charge on any atom is 0.147 e. The Morgan fingerprint density at radius 3 is 2.46 bits per heavy atom. The summed E-state index contributed by atoms with van der Waals surface area (Å²) in [6, 6.07) is 11.8. The molecule has 2 aromatic rings. The van der Waals surface area contributed by atoms with Crippen molar-refractivity contribution in [1.29, 1.82) is 0 Å². The first-order valence-electron chi connectivity index (χ1n) is 7.92. The van der Waals surface area contributed by atoms with Crippen LogP contribution < -0.4 is 4.74 Å². The molecule has 0 aliphatic heterocycles. The average Bonchev–Trinajstić information content (AvgIpc) is 2.52. The van der Waals surface area contributed by atoms with Crippen LogP contribution in [-0.2, 0) is 16.4 Å². The van der Waals surface area contributed by atoms with Crippen LogP contribution in [0.4, 0.5) is 0 Å². The van der Waals surface area contributed by atoms with Crippen LogP contribution >= 0.6 is 0 Å². The van der Waals surface area contributed by atoms with Crippen molar-refractivity contribution in [3.05, 3.63) is 53.1 Å². The number of sulfone groups is 1. The molecule has 0 atom stereocenters. The molecule has 0 aliphatic carbocycles. The second-order valence-electron chi connectivity index (χ2n) is 6.06. The highest BCUT2D eigenvalue weighted by Crippen LogP contribution is 2.30. The molecule has 2 aromatic carbocycles. The van der Waals surface area contributed by atoms with E-state index in [9.17, 15) is 13.5 Å².